The van der Waals surface area contributed by atoms with Crippen molar-refractivity contribution in [1.29, 1.82) is 0 Å². The summed E-state index contributed by atoms with van der Waals surface area (Å²) in [6.45, 7) is 3.26. The van der Waals surface area contributed by atoms with Gasteiger partial charge in [0.15, 0.2) is 5.82 Å². The number of benzene rings is 1. The predicted molar refractivity (Wildman–Crippen MR) is 111 cm³/mol. The lowest BCUT2D eigenvalue weighted by molar-refractivity contribution is 0.0666. The lowest BCUT2D eigenvalue weighted by Gasteiger charge is -2.26. The van der Waals surface area contributed by atoms with Gasteiger partial charge in [0.1, 0.15) is 0 Å². The van der Waals surface area contributed by atoms with Crippen LogP contribution in [0.5, 0.6) is 0 Å². The molecule has 4 heterocycles. The molecule has 7 nitrogen and oxygen atoms in total. The fraction of sp³-hybridized carbons (Fsp3) is 0.350. The van der Waals surface area contributed by atoms with Crippen LogP contribution < -0.4 is 11.1 Å². The monoisotopic (exact) mass is 396 g/mol. The molecular weight excluding hydrogens is 376 g/mol. The molecular formula is C20H20N4O3S. The molecule has 0 radical (unpaired) electrons. The largest absolute Gasteiger partial charge is 0.381 e. The molecule has 0 saturated carbocycles. The molecule has 28 heavy (non-hydrogen) atoms. The van der Waals surface area contributed by atoms with Crippen LogP contribution >= 0.6 is 11.8 Å². The molecule has 1 aromatic carbocycles. The molecule has 1 fully saturated rings. The van der Waals surface area contributed by atoms with E-state index < -0.39 is 0 Å². The van der Waals surface area contributed by atoms with Crippen molar-refractivity contribution in [2.24, 2.45) is 4.99 Å². The molecule has 0 amide bonds. The molecule has 0 bridgehead atoms. The van der Waals surface area contributed by atoms with E-state index in [0.29, 0.717) is 30.2 Å². The highest BCUT2D eigenvalue weighted by molar-refractivity contribution is 8.14. The summed E-state index contributed by atoms with van der Waals surface area (Å²) < 4.78 is 7.33. The van der Waals surface area contributed by atoms with Gasteiger partial charge in [-0.2, -0.15) is 0 Å². The average molecular weight is 396 g/mol. The third-order valence-electron chi connectivity index (χ3n) is 5.37. The normalized spacial score (nSPS) is 20.2. The van der Waals surface area contributed by atoms with Crippen molar-refractivity contribution in [3.63, 3.8) is 0 Å². The number of pyridine rings is 1. The fourth-order valence-corrected chi connectivity index (χ4v) is 5.11. The maximum Gasteiger partial charge on any atom is 0.271 e. The van der Waals surface area contributed by atoms with Crippen molar-refractivity contribution in [3.05, 3.63) is 62.2 Å². The highest BCUT2D eigenvalue weighted by Gasteiger charge is 2.33. The van der Waals surface area contributed by atoms with Gasteiger partial charge in [0, 0.05) is 24.3 Å². The van der Waals surface area contributed by atoms with Gasteiger partial charge in [0.2, 0.25) is 0 Å². The zero-order valence-corrected chi connectivity index (χ0v) is 16.2. The van der Waals surface area contributed by atoms with Gasteiger partial charge in [0.25, 0.3) is 11.1 Å². The molecule has 2 aromatic heterocycles. The first-order chi connectivity index (χ1) is 13.6. The van der Waals surface area contributed by atoms with Gasteiger partial charge >= 0.3 is 0 Å². The van der Waals surface area contributed by atoms with E-state index in [-0.39, 0.29) is 22.4 Å². The highest BCUT2D eigenvalue weighted by atomic mass is 32.2. The lowest BCUT2D eigenvalue weighted by atomic mass is 10.0. The highest BCUT2D eigenvalue weighted by Crippen LogP contribution is 2.44. The topological polar surface area (TPSA) is 92.2 Å². The molecule has 2 aliphatic heterocycles. The minimum Gasteiger partial charge on any atom is -0.381 e. The standard InChI is InChI=1S/C20H20N4O3S/c1-11-21-18-16(20(26)23-24(18)13-6-8-27-9-7-13)17(28-11)14-10-12-4-2-3-5-15(12)22-19(14)25/h2-5,10,13,17H,6-9H2,1H3,(H,22,25)(H,23,26)/t17-/m1/s1. The van der Waals surface area contributed by atoms with Gasteiger partial charge in [-0.05, 0) is 37.3 Å². The van der Waals surface area contributed by atoms with Crippen molar-refractivity contribution in [2.75, 3.05) is 13.2 Å². The molecule has 8 heteroatoms. The minimum atomic E-state index is -0.384. The molecule has 1 atom stereocenters. The summed E-state index contributed by atoms with van der Waals surface area (Å²) in [5.41, 5.74) is 1.58. The zero-order chi connectivity index (χ0) is 19.3. The Balaban J connectivity index is 1.67. The molecule has 0 spiro atoms. The van der Waals surface area contributed by atoms with Crippen LogP contribution in [0.1, 0.15) is 42.2 Å². The lowest BCUT2D eigenvalue weighted by Crippen LogP contribution is -2.21. The zero-order valence-electron chi connectivity index (χ0n) is 15.4. The van der Waals surface area contributed by atoms with E-state index in [0.717, 1.165) is 28.8 Å². The van der Waals surface area contributed by atoms with E-state index >= 15 is 0 Å². The number of aliphatic imine (C=N–C) groups is 1. The van der Waals surface area contributed by atoms with Gasteiger partial charge in [-0.15, -0.1) is 0 Å². The second kappa shape index (κ2) is 6.79. The van der Waals surface area contributed by atoms with Crippen LogP contribution in [0, 0.1) is 0 Å². The first kappa shape index (κ1) is 17.5. The number of ether oxygens (including phenoxy) is 1. The Morgan fingerprint density at radius 3 is 2.79 bits per heavy atom. The third kappa shape index (κ3) is 2.84. The quantitative estimate of drug-likeness (QED) is 0.695. The van der Waals surface area contributed by atoms with Gasteiger partial charge in [-0.25, -0.2) is 4.99 Å². The predicted octanol–water partition coefficient (Wildman–Crippen LogP) is 3.26. The molecule has 5 rings (SSSR count). The summed E-state index contributed by atoms with van der Waals surface area (Å²) in [6, 6.07) is 9.70. The molecule has 2 N–H and O–H groups in total. The van der Waals surface area contributed by atoms with Crippen LogP contribution in [0.15, 0.2) is 44.9 Å². The van der Waals surface area contributed by atoms with Crippen LogP contribution in [0.3, 0.4) is 0 Å². The number of aromatic amines is 2. The fourth-order valence-electron chi connectivity index (χ4n) is 3.99. The number of nitrogens with one attached hydrogen (secondary N) is 2. The average Bonchev–Trinajstić information content (AvgIpc) is 3.04. The van der Waals surface area contributed by atoms with Gasteiger partial charge in [-0.1, -0.05) is 30.0 Å². The summed E-state index contributed by atoms with van der Waals surface area (Å²) in [5.74, 6) is 0.644. The van der Waals surface area contributed by atoms with Crippen LogP contribution in [0.25, 0.3) is 10.9 Å². The molecule has 144 valence electrons. The van der Waals surface area contributed by atoms with E-state index in [1.54, 1.807) is 0 Å². The molecule has 3 aromatic rings. The van der Waals surface area contributed by atoms with E-state index in [9.17, 15) is 9.59 Å². The number of rotatable bonds is 2. The molecule has 0 aliphatic carbocycles. The van der Waals surface area contributed by atoms with Gasteiger partial charge < -0.3 is 9.72 Å². The van der Waals surface area contributed by atoms with E-state index in [1.807, 2.05) is 41.9 Å². The van der Waals surface area contributed by atoms with Gasteiger partial charge in [0.05, 0.1) is 21.9 Å². The maximum absolute atomic E-state index is 12.9. The van der Waals surface area contributed by atoms with Crippen LogP contribution in [0.2, 0.25) is 0 Å². The van der Waals surface area contributed by atoms with Crippen molar-refractivity contribution in [3.8, 4) is 0 Å². The summed E-state index contributed by atoms with van der Waals surface area (Å²) in [6.07, 6.45) is 1.67. The van der Waals surface area contributed by atoms with E-state index in [4.69, 9.17) is 4.74 Å². The first-order valence-electron chi connectivity index (χ1n) is 9.38. The summed E-state index contributed by atoms with van der Waals surface area (Å²) in [5, 5.41) is 4.37. The number of H-pyrrole nitrogens is 2. The number of aromatic nitrogens is 3. The Kier molecular flexibility index (Phi) is 4.25. The summed E-state index contributed by atoms with van der Waals surface area (Å²) >= 11 is 1.45. The summed E-state index contributed by atoms with van der Waals surface area (Å²) in [7, 11) is 0. The van der Waals surface area contributed by atoms with Crippen molar-refractivity contribution in [1.82, 2.24) is 14.8 Å². The van der Waals surface area contributed by atoms with Gasteiger partial charge in [-0.3, -0.25) is 19.4 Å². The van der Waals surface area contributed by atoms with Crippen molar-refractivity contribution >= 4 is 33.5 Å². The minimum absolute atomic E-state index is 0.153. The molecule has 2 aliphatic rings. The van der Waals surface area contributed by atoms with Crippen molar-refractivity contribution < 1.29 is 4.74 Å². The Bertz CT molecular complexity index is 1200. The van der Waals surface area contributed by atoms with E-state index in [2.05, 4.69) is 15.1 Å². The number of hydrogen-bond acceptors (Lipinski definition) is 5. The number of para-hydroxylation sites is 1. The number of hydrogen-bond donors (Lipinski definition) is 2. The Morgan fingerprint density at radius 1 is 1.18 bits per heavy atom. The second-order valence-corrected chi connectivity index (χ2v) is 8.46. The maximum atomic E-state index is 12.9. The van der Waals surface area contributed by atoms with Crippen LogP contribution in [-0.2, 0) is 4.74 Å². The Labute approximate surface area is 164 Å². The van der Waals surface area contributed by atoms with Crippen molar-refractivity contribution in [2.45, 2.75) is 31.1 Å². The summed E-state index contributed by atoms with van der Waals surface area (Å²) in [4.78, 5) is 33.3. The Hall–Kier alpha value is -2.58. The molecule has 0 unspecified atom stereocenters. The van der Waals surface area contributed by atoms with Crippen LogP contribution in [-0.4, -0.2) is 33.0 Å². The molecule has 1 saturated heterocycles. The van der Waals surface area contributed by atoms with E-state index in [1.165, 1.54) is 11.8 Å². The van der Waals surface area contributed by atoms with Crippen LogP contribution in [0.4, 0.5) is 5.82 Å². The smallest absolute Gasteiger partial charge is 0.271 e. The second-order valence-electron chi connectivity index (χ2n) is 7.16. The number of fused-ring (bicyclic) bond motifs is 2. The SMILES string of the molecule is CC1=Nc2c(c(=O)[nH]n2C2CCOCC2)[C@@H](c2cc3ccccc3[nH]c2=O)S1. The third-order valence-corrected chi connectivity index (χ3v) is 6.53. The first-order valence-corrected chi connectivity index (χ1v) is 10.3. The Morgan fingerprint density at radius 2 is 1.96 bits per heavy atom. The number of nitrogens with zero attached hydrogens (tertiary/aromatic N) is 2. The number of thioether (sulfide) groups is 1.